The molecule has 0 aliphatic carbocycles. The van der Waals surface area contributed by atoms with Crippen LogP contribution in [0.15, 0.2) is 103 Å². The number of aliphatic hydroxyl groups is 1. The second-order valence-electron chi connectivity index (χ2n) is 10.9. The normalized spacial score (nSPS) is 14.5. The average Bonchev–Trinajstić information content (AvgIpc) is 3.04. The molecule has 6 nitrogen and oxygen atoms in total. The van der Waals surface area contributed by atoms with Crippen molar-refractivity contribution in [2.75, 3.05) is 6.61 Å². The van der Waals surface area contributed by atoms with E-state index in [1.54, 1.807) is 60.7 Å². The smallest absolute Gasteiger partial charge is 0.428 e. The molecular weight excluding hydrogens is 671 g/mol. The first-order chi connectivity index (χ1) is 23.1. The van der Waals surface area contributed by atoms with Gasteiger partial charge in [0.05, 0.1) is 24.8 Å². The molecule has 0 aliphatic rings. The Morgan fingerprint density at radius 2 is 1.35 bits per heavy atom. The Kier molecular flexibility index (Phi) is 11.8. The maximum atomic E-state index is 15.0. The molecule has 0 aliphatic heterocycles. The fourth-order valence-electron chi connectivity index (χ4n) is 4.98. The maximum absolute atomic E-state index is 15.0. The third-order valence-corrected chi connectivity index (χ3v) is 7.29. The Morgan fingerprint density at radius 3 is 1.92 bits per heavy atom. The first kappa shape index (κ1) is 37.1. The van der Waals surface area contributed by atoms with E-state index >= 15 is 4.39 Å². The lowest BCUT2D eigenvalue weighted by atomic mass is 9.77. The topological polar surface area (TPSA) is 79.8 Å². The second-order valence-corrected chi connectivity index (χ2v) is 10.9. The zero-order valence-corrected chi connectivity index (χ0v) is 25.2. The molecule has 0 radical (unpaired) electrons. The summed E-state index contributed by atoms with van der Waals surface area (Å²) in [6.07, 6.45) is -18.1. The molecule has 0 bridgehead atoms. The van der Waals surface area contributed by atoms with Crippen molar-refractivity contribution in [3.63, 3.8) is 0 Å². The molecule has 4 rings (SSSR count). The minimum Gasteiger partial charge on any atom is -0.428 e. The van der Waals surface area contributed by atoms with Crippen LogP contribution >= 0.6 is 0 Å². The minimum absolute atomic E-state index is 0.0293. The number of amides is 2. The predicted molar refractivity (Wildman–Crippen MR) is 159 cm³/mol. The molecule has 1 unspecified atom stereocenters. The van der Waals surface area contributed by atoms with Gasteiger partial charge in [0.25, 0.3) is 0 Å². The molecule has 0 spiro atoms. The van der Waals surface area contributed by atoms with Gasteiger partial charge in [-0.3, -0.25) is 0 Å². The largest absolute Gasteiger partial charge is 0.461 e. The lowest BCUT2D eigenvalue weighted by Crippen LogP contribution is -2.58. The van der Waals surface area contributed by atoms with Crippen molar-refractivity contribution in [2.24, 2.45) is 0 Å². The van der Waals surface area contributed by atoms with Gasteiger partial charge in [0.1, 0.15) is 17.4 Å². The van der Waals surface area contributed by atoms with E-state index in [0.717, 1.165) is 36.4 Å². The number of ether oxygens (including phenoxy) is 2. The van der Waals surface area contributed by atoms with Crippen molar-refractivity contribution < 1.29 is 58.9 Å². The summed E-state index contributed by atoms with van der Waals surface area (Å²) in [5, 5.41) is 14.6. The molecule has 262 valence electrons. The van der Waals surface area contributed by atoms with Crippen molar-refractivity contribution in [1.29, 1.82) is 0 Å². The number of benzene rings is 4. The highest BCUT2D eigenvalue weighted by Gasteiger charge is 2.46. The monoisotopic (exact) mass is 700 g/mol. The Balaban J connectivity index is 1.79. The van der Waals surface area contributed by atoms with E-state index in [-0.39, 0.29) is 18.6 Å². The number of halogens is 9. The molecule has 0 aromatic heterocycles. The van der Waals surface area contributed by atoms with Crippen LogP contribution in [0.2, 0.25) is 0 Å². The van der Waals surface area contributed by atoms with Crippen molar-refractivity contribution in [3.05, 3.63) is 137 Å². The van der Waals surface area contributed by atoms with Crippen LogP contribution in [-0.2, 0) is 23.3 Å². The van der Waals surface area contributed by atoms with E-state index in [1.165, 1.54) is 0 Å². The summed E-state index contributed by atoms with van der Waals surface area (Å²) >= 11 is 0. The Morgan fingerprint density at radius 1 is 0.755 bits per heavy atom. The molecule has 2 amide bonds. The van der Waals surface area contributed by atoms with Crippen LogP contribution < -0.4 is 15.4 Å². The molecule has 0 heterocycles. The SMILES string of the molecule is O=C(NC(COCc1ccccc1)[C@@H](O)C(F)(F)F)N[C@](Cc1ccccc1)(c1ccc(F)cc1)c1cc(F)cc(OC(F)(F)C(F)F)c1. The number of carbonyl (C=O) groups excluding carboxylic acids is 1. The summed E-state index contributed by atoms with van der Waals surface area (Å²) in [6.45, 7) is -1.03. The summed E-state index contributed by atoms with van der Waals surface area (Å²) < 4.78 is 133. The highest BCUT2D eigenvalue weighted by molar-refractivity contribution is 5.76. The van der Waals surface area contributed by atoms with E-state index in [2.05, 4.69) is 10.1 Å². The summed E-state index contributed by atoms with van der Waals surface area (Å²) in [7, 11) is 0. The number of aliphatic hydroxyl groups excluding tert-OH is 1. The van der Waals surface area contributed by atoms with E-state index in [0.29, 0.717) is 17.2 Å². The molecule has 3 N–H and O–H groups in total. The summed E-state index contributed by atoms with van der Waals surface area (Å²) in [4.78, 5) is 13.7. The van der Waals surface area contributed by atoms with E-state index < -0.39 is 72.0 Å². The van der Waals surface area contributed by atoms with Gasteiger partial charge in [0.2, 0.25) is 0 Å². The number of alkyl halides is 7. The van der Waals surface area contributed by atoms with Crippen LogP contribution in [0.1, 0.15) is 22.3 Å². The highest BCUT2D eigenvalue weighted by Crippen LogP contribution is 2.38. The molecular formula is C34H29F9N2O4. The molecule has 4 aromatic rings. The van der Waals surface area contributed by atoms with Crippen molar-refractivity contribution >= 4 is 6.03 Å². The van der Waals surface area contributed by atoms with Crippen LogP contribution in [-0.4, -0.2) is 48.6 Å². The predicted octanol–water partition coefficient (Wildman–Crippen LogP) is 7.50. The van der Waals surface area contributed by atoms with Crippen molar-refractivity contribution in [1.82, 2.24) is 10.6 Å². The van der Waals surface area contributed by atoms with Gasteiger partial charge in [-0.1, -0.05) is 72.8 Å². The van der Waals surface area contributed by atoms with Crippen LogP contribution in [0.3, 0.4) is 0 Å². The minimum atomic E-state index is -5.23. The molecule has 4 aromatic carbocycles. The Hall–Kier alpha value is -4.76. The lowest BCUT2D eigenvalue weighted by Gasteiger charge is -2.37. The van der Waals surface area contributed by atoms with Gasteiger partial charge in [-0.25, -0.2) is 13.6 Å². The first-order valence-electron chi connectivity index (χ1n) is 14.5. The Bertz CT molecular complexity index is 1660. The first-order valence-corrected chi connectivity index (χ1v) is 14.5. The van der Waals surface area contributed by atoms with Gasteiger partial charge in [-0.05, 0) is 46.5 Å². The number of carbonyl (C=O) groups is 1. The van der Waals surface area contributed by atoms with Crippen LogP contribution in [0.25, 0.3) is 0 Å². The number of rotatable bonds is 14. The molecule has 0 fully saturated rings. The number of hydrogen-bond acceptors (Lipinski definition) is 4. The van der Waals surface area contributed by atoms with Crippen molar-refractivity contribution in [3.8, 4) is 5.75 Å². The van der Waals surface area contributed by atoms with E-state index in [4.69, 9.17) is 4.74 Å². The number of hydrogen-bond donors (Lipinski definition) is 3. The second kappa shape index (κ2) is 15.6. The fourth-order valence-corrected chi connectivity index (χ4v) is 4.98. The van der Waals surface area contributed by atoms with Crippen LogP contribution in [0, 0.1) is 11.6 Å². The van der Waals surface area contributed by atoms with E-state index in [1.807, 2.05) is 5.32 Å². The zero-order chi connectivity index (χ0) is 35.8. The highest BCUT2D eigenvalue weighted by atomic mass is 19.4. The standard InChI is InChI=1S/C34H29F9N2O4/c35-25-13-11-23(12-14-25)32(18-21-7-3-1-4-8-21,24-15-26(36)17-27(16-24)49-34(42,43)30(37)38)45-31(47)44-28(29(46)33(39,40)41)20-48-19-22-9-5-2-6-10-22/h1-17,28-30,46H,18-20H2,(H2,44,45,47)/t28?,29-,32-/m1/s1. The van der Waals surface area contributed by atoms with Gasteiger partial charge < -0.3 is 25.2 Å². The van der Waals surface area contributed by atoms with Crippen molar-refractivity contribution in [2.45, 2.75) is 49.4 Å². The summed E-state index contributed by atoms with van der Waals surface area (Å²) in [5.41, 5.74) is -1.57. The van der Waals surface area contributed by atoms with E-state index in [9.17, 15) is 45.0 Å². The van der Waals surface area contributed by atoms with Gasteiger partial charge in [-0.2, -0.15) is 30.7 Å². The zero-order valence-electron chi connectivity index (χ0n) is 25.2. The molecule has 0 saturated carbocycles. The summed E-state index contributed by atoms with van der Waals surface area (Å²) in [6, 6.07) is 18.7. The number of nitrogens with one attached hydrogen (secondary N) is 2. The third kappa shape index (κ3) is 9.89. The van der Waals surface area contributed by atoms with Crippen LogP contribution in [0.5, 0.6) is 5.75 Å². The van der Waals surface area contributed by atoms with Gasteiger partial charge in [0, 0.05) is 12.5 Å². The summed E-state index contributed by atoms with van der Waals surface area (Å²) in [5.74, 6) is -3.12. The number of urea groups is 1. The maximum Gasteiger partial charge on any atom is 0.461 e. The quantitative estimate of drug-likeness (QED) is 0.119. The molecule has 0 saturated heterocycles. The van der Waals surface area contributed by atoms with Crippen LogP contribution in [0.4, 0.5) is 44.3 Å². The molecule has 49 heavy (non-hydrogen) atoms. The van der Waals surface area contributed by atoms with Gasteiger partial charge in [-0.15, -0.1) is 0 Å². The lowest BCUT2D eigenvalue weighted by molar-refractivity contribution is -0.253. The Labute approximate surface area is 274 Å². The van der Waals surface area contributed by atoms with Gasteiger partial charge >= 0.3 is 24.7 Å². The fraction of sp³-hybridized carbons (Fsp3) is 0.265. The average molecular weight is 701 g/mol. The third-order valence-electron chi connectivity index (χ3n) is 7.29. The molecule has 15 heteroatoms. The van der Waals surface area contributed by atoms with Gasteiger partial charge in [0.15, 0.2) is 6.10 Å². The molecule has 3 atom stereocenters.